The second-order valence-electron chi connectivity index (χ2n) is 12.6. The molecule has 0 aromatic heterocycles. The van der Waals surface area contributed by atoms with Gasteiger partial charge in [0.2, 0.25) is 12.7 Å². The number of nitrogens with two attached hydrogens (primary N) is 1. The topological polar surface area (TPSA) is 106 Å². The molecular weight excluding hydrogens is 604 g/mol. The molecule has 1 saturated heterocycles. The van der Waals surface area contributed by atoms with Crippen LogP contribution in [-0.4, -0.2) is 56.8 Å². The average molecular weight is 649 g/mol. The summed E-state index contributed by atoms with van der Waals surface area (Å²) in [4.78, 5) is 31.2. The molecule has 4 aromatic carbocycles. The predicted molar refractivity (Wildman–Crippen MR) is 189 cm³/mol. The summed E-state index contributed by atoms with van der Waals surface area (Å²) in [5.74, 6) is 2.51. The smallest absolute Gasteiger partial charge is 0.254 e. The number of hydrogen-bond acceptors (Lipinski definition) is 7. The zero-order chi connectivity index (χ0) is 33.5. The number of ether oxygens (including phenoxy) is 3. The molecule has 1 fully saturated rings. The van der Waals surface area contributed by atoms with Crippen molar-refractivity contribution in [2.45, 2.75) is 39.2 Å². The fraction of sp³-hybridized carbons (Fsp3) is 0.333. The highest BCUT2D eigenvalue weighted by molar-refractivity contribution is 5.97. The van der Waals surface area contributed by atoms with Gasteiger partial charge in [-0.25, -0.2) is 0 Å². The van der Waals surface area contributed by atoms with Crippen LogP contribution in [0.5, 0.6) is 17.2 Å². The molecule has 3 N–H and O–H groups in total. The molecule has 2 aliphatic rings. The van der Waals surface area contributed by atoms with Crippen LogP contribution in [0, 0.1) is 5.92 Å². The number of hydrogen-bond donors (Lipinski definition) is 2. The number of piperidine rings is 1. The summed E-state index contributed by atoms with van der Waals surface area (Å²) >= 11 is 0. The van der Waals surface area contributed by atoms with E-state index in [9.17, 15) is 9.59 Å². The van der Waals surface area contributed by atoms with Crippen molar-refractivity contribution >= 4 is 23.2 Å². The summed E-state index contributed by atoms with van der Waals surface area (Å²) < 4.78 is 16.2. The molecule has 2 aliphatic heterocycles. The van der Waals surface area contributed by atoms with E-state index >= 15 is 0 Å². The van der Waals surface area contributed by atoms with Crippen LogP contribution < -0.4 is 30.2 Å². The van der Waals surface area contributed by atoms with Gasteiger partial charge in [-0.15, -0.1) is 0 Å². The summed E-state index contributed by atoms with van der Waals surface area (Å²) in [6.45, 7) is 5.80. The largest absolute Gasteiger partial charge is 0.497 e. The summed E-state index contributed by atoms with van der Waals surface area (Å²) in [5, 5.41) is 3.23. The molecule has 0 bridgehead atoms. The first-order chi connectivity index (χ1) is 23.4. The molecule has 0 saturated carbocycles. The predicted octanol–water partition coefficient (Wildman–Crippen LogP) is 6.50. The molecular formula is C39H44N4O5. The number of carbonyl (C=O) groups excluding carboxylic acids is 2. The average Bonchev–Trinajstić information content (AvgIpc) is 3.59. The van der Waals surface area contributed by atoms with E-state index in [1.807, 2.05) is 41.3 Å². The maximum Gasteiger partial charge on any atom is 0.254 e. The van der Waals surface area contributed by atoms with Gasteiger partial charge in [0.05, 0.1) is 24.9 Å². The maximum absolute atomic E-state index is 13.7. The van der Waals surface area contributed by atoms with Crippen molar-refractivity contribution in [3.63, 3.8) is 0 Å². The number of methoxy groups -OCH3 is 1. The van der Waals surface area contributed by atoms with Crippen LogP contribution in [0.25, 0.3) is 11.1 Å². The summed E-state index contributed by atoms with van der Waals surface area (Å²) in [5.41, 5.74) is 12.1. The first kappa shape index (κ1) is 32.9. The van der Waals surface area contributed by atoms with Gasteiger partial charge in [0.25, 0.3) is 5.91 Å². The van der Waals surface area contributed by atoms with Gasteiger partial charge >= 0.3 is 0 Å². The lowest BCUT2D eigenvalue weighted by Crippen LogP contribution is -2.33. The van der Waals surface area contributed by atoms with Crippen molar-refractivity contribution in [3.05, 3.63) is 102 Å². The number of benzene rings is 4. The second kappa shape index (κ2) is 15.3. The van der Waals surface area contributed by atoms with E-state index in [1.165, 1.54) is 0 Å². The fourth-order valence-corrected chi connectivity index (χ4v) is 6.28. The van der Waals surface area contributed by atoms with Gasteiger partial charge in [-0.3, -0.25) is 9.59 Å². The number of anilines is 2. The SMILES string of the molecule is COc1ccc(CC(=O)Nc2cc(-c3cccc(CN(CCCN)C(=O)c4ccc5c(c4)OCO5)c3)ccc2N2CCC(C)CC2)cc1. The Hall–Kier alpha value is -5.02. The van der Waals surface area contributed by atoms with Crippen molar-refractivity contribution in [1.82, 2.24) is 4.90 Å². The Bertz CT molecular complexity index is 1730. The molecule has 0 aliphatic carbocycles. The Kier molecular flexibility index (Phi) is 10.5. The number of rotatable bonds is 12. The number of nitrogens with one attached hydrogen (secondary N) is 1. The van der Waals surface area contributed by atoms with E-state index in [4.69, 9.17) is 19.9 Å². The van der Waals surface area contributed by atoms with Crippen molar-refractivity contribution in [2.24, 2.45) is 11.7 Å². The Balaban J connectivity index is 1.24. The standard InChI is InChI=1S/C39H44N4O5/c1-27-15-19-42(20-16-27)35-13-9-31(23-34(35)41-38(44)22-28-7-11-33(46-2)12-8-28)30-6-3-5-29(21-30)25-43(18-4-17-40)39(45)32-10-14-36-37(24-32)48-26-47-36/h3,5-14,21,23-24,27H,4,15-20,22,25-26,40H2,1-2H3,(H,41,44). The van der Waals surface area contributed by atoms with E-state index in [1.54, 1.807) is 25.3 Å². The van der Waals surface area contributed by atoms with E-state index < -0.39 is 0 Å². The zero-order valence-electron chi connectivity index (χ0n) is 27.7. The van der Waals surface area contributed by atoms with E-state index in [0.717, 1.165) is 65.3 Å². The summed E-state index contributed by atoms with van der Waals surface area (Å²) in [6, 6.07) is 27.4. The van der Waals surface area contributed by atoms with Crippen LogP contribution in [0.3, 0.4) is 0 Å². The van der Waals surface area contributed by atoms with Crippen molar-refractivity contribution in [2.75, 3.05) is 50.3 Å². The van der Waals surface area contributed by atoms with Gasteiger partial charge in [-0.05, 0) is 103 Å². The van der Waals surface area contributed by atoms with Crippen LogP contribution in [0.15, 0.2) is 84.9 Å². The van der Waals surface area contributed by atoms with Crippen LogP contribution in [0.4, 0.5) is 11.4 Å². The first-order valence-corrected chi connectivity index (χ1v) is 16.7. The summed E-state index contributed by atoms with van der Waals surface area (Å²) in [7, 11) is 1.63. The van der Waals surface area contributed by atoms with Crippen LogP contribution >= 0.6 is 0 Å². The lowest BCUT2D eigenvalue weighted by atomic mass is 9.97. The molecule has 250 valence electrons. The lowest BCUT2D eigenvalue weighted by molar-refractivity contribution is -0.115. The molecule has 0 spiro atoms. The Morgan fingerprint density at radius 2 is 1.69 bits per heavy atom. The highest BCUT2D eigenvalue weighted by Crippen LogP contribution is 2.35. The van der Waals surface area contributed by atoms with Crippen LogP contribution in [0.2, 0.25) is 0 Å². The highest BCUT2D eigenvalue weighted by atomic mass is 16.7. The van der Waals surface area contributed by atoms with Gasteiger partial charge in [0.15, 0.2) is 11.5 Å². The van der Waals surface area contributed by atoms with Gasteiger partial charge in [0.1, 0.15) is 5.75 Å². The van der Waals surface area contributed by atoms with Gasteiger partial charge < -0.3 is 35.1 Å². The molecule has 2 heterocycles. The minimum atomic E-state index is -0.0887. The van der Waals surface area contributed by atoms with E-state index in [0.29, 0.717) is 49.0 Å². The Morgan fingerprint density at radius 1 is 0.917 bits per heavy atom. The third kappa shape index (κ3) is 7.91. The van der Waals surface area contributed by atoms with Gasteiger partial charge in [0, 0.05) is 31.7 Å². The Labute approximate surface area is 282 Å². The minimum absolute atomic E-state index is 0.0738. The van der Waals surface area contributed by atoms with Gasteiger partial charge in [-0.2, -0.15) is 0 Å². The van der Waals surface area contributed by atoms with Crippen LogP contribution in [-0.2, 0) is 17.8 Å². The molecule has 9 heteroatoms. The van der Waals surface area contributed by atoms with Crippen molar-refractivity contribution in [3.8, 4) is 28.4 Å². The van der Waals surface area contributed by atoms with Crippen molar-refractivity contribution < 1.29 is 23.8 Å². The molecule has 0 radical (unpaired) electrons. The molecule has 48 heavy (non-hydrogen) atoms. The molecule has 6 rings (SSSR count). The number of carbonyl (C=O) groups is 2. The van der Waals surface area contributed by atoms with Gasteiger partial charge in [-0.1, -0.05) is 43.3 Å². The molecule has 4 aromatic rings. The summed E-state index contributed by atoms with van der Waals surface area (Å²) in [6.07, 6.45) is 3.19. The third-order valence-corrected chi connectivity index (χ3v) is 9.09. The number of fused-ring (bicyclic) bond motifs is 1. The van der Waals surface area contributed by atoms with Crippen LogP contribution in [0.1, 0.15) is 47.7 Å². The lowest BCUT2D eigenvalue weighted by Gasteiger charge is -2.33. The number of amides is 2. The number of nitrogens with zero attached hydrogens (tertiary/aromatic N) is 2. The quantitative estimate of drug-likeness (QED) is 0.181. The molecule has 9 nitrogen and oxygen atoms in total. The highest BCUT2D eigenvalue weighted by Gasteiger charge is 2.22. The molecule has 2 amide bonds. The Morgan fingerprint density at radius 3 is 2.46 bits per heavy atom. The van der Waals surface area contributed by atoms with Crippen molar-refractivity contribution in [1.29, 1.82) is 0 Å². The monoisotopic (exact) mass is 648 g/mol. The third-order valence-electron chi connectivity index (χ3n) is 9.09. The minimum Gasteiger partial charge on any atom is -0.497 e. The fourth-order valence-electron chi connectivity index (χ4n) is 6.28. The van der Waals surface area contributed by atoms with E-state index in [-0.39, 0.29) is 25.0 Å². The maximum atomic E-state index is 13.7. The molecule has 0 atom stereocenters. The zero-order valence-corrected chi connectivity index (χ0v) is 27.7. The molecule has 0 unspecified atom stereocenters. The van der Waals surface area contributed by atoms with E-state index in [2.05, 4.69) is 47.5 Å². The first-order valence-electron chi connectivity index (χ1n) is 16.7. The normalized spacial score (nSPS) is 14.1. The second-order valence-corrected chi connectivity index (χ2v) is 12.6.